The number of nitrogens with zero attached hydrogens (tertiary/aromatic N) is 3. The lowest BCUT2D eigenvalue weighted by molar-refractivity contribution is -0.159. The number of likely N-dealkylation sites (tertiary alicyclic amines) is 1. The van der Waals surface area contributed by atoms with Gasteiger partial charge in [0.1, 0.15) is 0 Å². The number of hydrogen-bond donors (Lipinski definition) is 3. The van der Waals surface area contributed by atoms with Gasteiger partial charge < -0.3 is 25.0 Å². The highest BCUT2D eigenvalue weighted by Gasteiger charge is 2.38. The molecule has 1 fully saturated rings. The number of halogens is 3. The highest BCUT2D eigenvalue weighted by Crippen LogP contribution is 2.29. The van der Waals surface area contributed by atoms with Crippen LogP contribution in [0.3, 0.4) is 0 Å². The number of aliphatic hydroxyl groups excluding tert-OH is 2. The Bertz CT molecular complexity index is 778. The lowest BCUT2D eigenvalue weighted by Crippen LogP contribution is -2.40. The minimum absolute atomic E-state index is 0.109. The number of carbonyl (C=O) groups excluding carboxylic acids is 1. The van der Waals surface area contributed by atoms with Crippen LogP contribution in [0.15, 0.2) is 28.8 Å². The van der Waals surface area contributed by atoms with Crippen LogP contribution in [0.4, 0.5) is 23.7 Å². The van der Waals surface area contributed by atoms with E-state index in [1.807, 2.05) is 0 Å². The summed E-state index contributed by atoms with van der Waals surface area (Å²) in [6, 6.07) is 4.84. The van der Waals surface area contributed by atoms with Crippen molar-refractivity contribution in [2.75, 3.05) is 18.5 Å². The Hall–Kier alpha value is -2.66. The molecule has 2 aromatic rings. The number of nitrogens with one attached hydrogen (secondary N) is 1. The number of amides is 2. The zero-order valence-electron chi connectivity index (χ0n) is 13.3. The van der Waals surface area contributed by atoms with Gasteiger partial charge in [0.25, 0.3) is 0 Å². The second-order valence-electron chi connectivity index (χ2n) is 5.81. The van der Waals surface area contributed by atoms with Gasteiger partial charge in [-0.3, -0.25) is 0 Å². The molecule has 1 aromatic heterocycles. The fraction of sp³-hybridized carbons (Fsp3) is 0.400. The quantitative estimate of drug-likeness (QED) is 0.756. The summed E-state index contributed by atoms with van der Waals surface area (Å²) in [5, 5.41) is 24.7. The average molecular weight is 372 g/mol. The third-order valence-electron chi connectivity index (χ3n) is 3.93. The van der Waals surface area contributed by atoms with Crippen LogP contribution in [0.1, 0.15) is 12.3 Å². The van der Waals surface area contributed by atoms with E-state index in [1.165, 1.54) is 29.2 Å². The van der Waals surface area contributed by atoms with Crippen LogP contribution < -0.4 is 5.32 Å². The number of aromatic nitrogens is 2. The number of carbonyl (C=O) groups is 1. The van der Waals surface area contributed by atoms with E-state index in [4.69, 9.17) is 0 Å². The van der Waals surface area contributed by atoms with E-state index in [-0.39, 0.29) is 24.5 Å². The molecule has 1 aliphatic rings. The Morgan fingerprint density at radius 2 is 2.04 bits per heavy atom. The van der Waals surface area contributed by atoms with Gasteiger partial charge in [-0.15, -0.1) is 0 Å². The predicted molar refractivity (Wildman–Crippen MR) is 82.0 cm³/mol. The van der Waals surface area contributed by atoms with Crippen molar-refractivity contribution in [3.63, 3.8) is 0 Å². The van der Waals surface area contributed by atoms with E-state index in [0.717, 1.165) is 0 Å². The molecule has 0 aliphatic carbocycles. The van der Waals surface area contributed by atoms with Gasteiger partial charge >= 0.3 is 18.1 Å². The Balaban J connectivity index is 1.68. The van der Waals surface area contributed by atoms with Crippen LogP contribution in [-0.4, -0.2) is 56.6 Å². The van der Waals surface area contributed by atoms with Gasteiger partial charge in [-0.25, -0.2) is 4.79 Å². The Morgan fingerprint density at radius 3 is 2.62 bits per heavy atom. The average Bonchev–Trinajstić information content (AvgIpc) is 3.22. The molecule has 26 heavy (non-hydrogen) atoms. The maximum atomic E-state index is 12.5. The van der Waals surface area contributed by atoms with Crippen LogP contribution in [-0.2, 0) is 6.18 Å². The fourth-order valence-corrected chi connectivity index (χ4v) is 2.67. The molecule has 0 spiro atoms. The molecule has 2 atom stereocenters. The number of urea groups is 1. The maximum Gasteiger partial charge on any atom is 0.471 e. The van der Waals surface area contributed by atoms with E-state index in [0.29, 0.717) is 12.1 Å². The molecule has 8 nitrogen and oxygen atoms in total. The molecule has 1 aliphatic heterocycles. The summed E-state index contributed by atoms with van der Waals surface area (Å²) < 4.78 is 41.6. The van der Waals surface area contributed by atoms with Gasteiger partial charge in [-0.2, -0.15) is 18.2 Å². The highest BCUT2D eigenvalue weighted by molar-refractivity contribution is 5.90. The van der Waals surface area contributed by atoms with Crippen molar-refractivity contribution in [2.45, 2.75) is 24.7 Å². The van der Waals surface area contributed by atoms with Crippen molar-refractivity contribution in [1.82, 2.24) is 15.0 Å². The van der Waals surface area contributed by atoms with Crippen LogP contribution >= 0.6 is 0 Å². The Labute approximate surface area is 145 Å². The van der Waals surface area contributed by atoms with Gasteiger partial charge in [0.15, 0.2) is 0 Å². The minimum atomic E-state index is -4.72. The topological polar surface area (TPSA) is 112 Å². The van der Waals surface area contributed by atoms with Crippen molar-refractivity contribution in [1.29, 1.82) is 0 Å². The predicted octanol–water partition coefficient (Wildman–Crippen LogP) is 1.71. The van der Waals surface area contributed by atoms with Crippen LogP contribution in [0.5, 0.6) is 0 Å². The normalized spacial score (nSPS) is 20.4. The van der Waals surface area contributed by atoms with E-state index < -0.39 is 30.2 Å². The summed E-state index contributed by atoms with van der Waals surface area (Å²) in [6.45, 7) is -0.152. The van der Waals surface area contributed by atoms with Crippen molar-refractivity contribution in [2.24, 2.45) is 0 Å². The molecule has 11 heteroatoms. The number of anilines is 1. The first-order valence-corrected chi connectivity index (χ1v) is 7.66. The first-order chi connectivity index (χ1) is 12.3. The molecule has 0 saturated carbocycles. The summed E-state index contributed by atoms with van der Waals surface area (Å²) in [7, 11) is 0. The number of benzene rings is 1. The van der Waals surface area contributed by atoms with Crippen LogP contribution in [0.25, 0.3) is 11.4 Å². The number of aliphatic hydroxyl groups is 2. The summed E-state index contributed by atoms with van der Waals surface area (Å²) in [5.41, 5.74) is 0.670. The Morgan fingerprint density at radius 1 is 1.35 bits per heavy atom. The zero-order chi connectivity index (χ0) is 18.9. The lowest BCUT2D eigenvalue weighted by Gasteiger charge is -2.23. The van der Waals surface area contributed by atoms with Gasteiger partial charge in [-0.05, 0) is 30.7 Å². The summed E-state index contributed by atoms with van der Waals surface area (Å²) in [5.74, 6) is -1.66. The van der Waals surface area contributed by atoms with Crippen molar-refractivity contribution >= 4 is 11.7 Å². The second kappa shape index (κ2) is 6.92. The van der Waals surface area contributed by atoms with E-state index in [2.05, 4.69) is 20.0 Å². The summed E-state index contributed by atoms with van der Waals surface area (Å²) >= 11 is 0. The molecule has 0 radical (unpaired) electrons. The molecule has 0 unspecified atom stereocenters. The van der Waals surface area contributed by atoms with E-state index in [1.54, 1.807) is 0 Å². The third-order valence-corrected chi connectivity index (χ3v) is 3.93. The molecule has 1 aromatic carbocycles. The number of β-amino-alcohol motifs (C(OH)–C–C–N with tert-alkyl or cyclic N) is 1. The standard InChI is InChI=1S/C15H15F3N4O4/c16-15(17,18)13-20-12(21-26-13)8-1-3-9(4-2-8)19-14(25)22-6-11(24)5-10(22)7-23/h1-4,10-11,23-24H,5-7H2,(H,19,25)/t10-,11-/m0/s1. The molecule has 2 amide bonds. The van der Waals surface area contributed by atoms with Gasteiger partial charge in [0.2, 0.25) is 5.82 Å². The second-order valence-corrected chi connectivity index (χ2v) is 5.81. The first-order valence-electron chi connectivity index (χ1n) is 7.66. The largest absolute Gasteiger partial charge is 0.471 e. The highest BCUT2D eigenvalue weighted by atomic mass is 19.4. The minimum Gasteiger partial charge on any atom is -0.394 e. The lowest BCUT2D eigenvalue weighted by atomic mass is 10.2. The molecule has 3 rings (SSSR count). The van der Waals surface area contributed by atoms with E-state index in [9.17, 15) is 28.2 Å². The van der Waals surface area contributed by atoms with Crippen molar-refractivity contribution in [3.8, 4) is 11.4 Å². The molecule has 0 bridgehead atoms. The Kier molecular flexibility index (Phi) is 4.83. The molecular weight excluding hydrogens is 357 g/mol. The first kappa shape index (κ1) is 18.1. The number of rotatable bonds is 3. The van der Waals surface area contributed by atoms with Crippen LogP contribution in [0.2, 0.25) is 0 Å². The summed E-state index contributed by atoms with van der Waals surface area (Å²) in [4.78, 5) is 16.8. The smallest absolute Gasteiger partial charge is 0.394 e. The molecular formula is C15H15F3N4O4. The SMILES string of the molecule is O=C(Nc1ccc(-c2noc(C(F)(F)F)n2)cc1)N1C[C@@H](O)C[C@H]1CO. The van der Waals surface area contributed by atoms with E-state index >= 15 is 0 Å². The molecule has 3 N–H and O–H groups in total. The molecule has 1 saturated heterocycles. The summed E-state index contributed by atoms with van der Waals surface area (Å²) in [6.07, 6.45) is -5.12. The van der Waals surface area contributed by atoms with Crippen LogP contribution in [0, 0.1) is 0 Å². The molecule has 2 heterocycles. The zero-order valence-corrected chi connectivity index (χ0v) is 13.3. The monoisotopic (exact) mass is 372 g/mol. The van der Waals surface area contributed by atoms with Gasteiger partial charge in [0, 0.05) is 17.8 Å². The maximum absolute atomic E-state index is 12.5. The van der Waals surface area contributed by atoms with Gasteiger partial charge in [0.05, 0.1) is 18.8 Å². The van der Waals surface area contributed by atoms with Gasteiger partial charge in [-0.1, -0.05) is 5.16 Å². The van der Waals surface area contributed by atoms with Crippen molar-refractivity contribution < 1.29 is 32.7 Å². The number of alkyl halides is 3. The van der Waals surface area contributed by atoms with Crippen molar-refractivity contribution in [3.05, 3.63) is 30.2 Å². The number of hydrogen-bond acceptors (Lipinski definition) is 6. The molecule has 140 valence electrons. The third kappa shape index (κ3) is 3.78. The fourth-order valence-electron chi connectivity index (χ4n) is 2.67.